The van der Waals surface area contributed by atoms with Crippen LogP contribution >= 0.6 is 0 Å². The summed E-state index contributed by atoms with van der Waals surface area (Å²) in [5.41, 5.74) is 0. The van der Waals surface area contributed by atoms with E-state index < -0.39 is 124 Å². The Morgan fingerprint density at radius 2 is 0.985 bits per heavy atom. The van der Waals surface area contributed by atoms with Crippen LogP contribution in [0.25, 0.3) is 0 Å². The maximum Gasteiger partial charge on any atom is 0.220 e. The summed E-state index contributed by atoms with van der Waals surface area (Å²) in [6.45, 7) is 1.52. The van der Waals surface area contributed by atoms with Gasteiger partial charge in [0, 0.05) is 6.42 Å². The Hall–Kier alpha value is -1.99. The zero-order valence-electron chi connectivity index (χ0n) is 39.6. The van der Waals surface area contributed by atoms with Crippen LogP contribution in [0.15, 0.2) is 36.5 Å². The van der Waals surface area contributed by atoms with Gasteiger partial charge in [0.2, 0.25) is 5.91 Å². The van der Waals surface area contributed by atoms with Crippen molar-refractivity contribution in [3.05, 3.63) is 36.5 Å². The first-order chi connectivity index (χ1) is 32.3. The summed E-state index contributed by atoms with van der Waals surface area (Å²) in [4.78, 5) is 13.1. The summed E-state index contributed by atoms with van der Waals surface area (Å²) >= 11 is 0. The minimum atomic E-state index is -1.97. The highest BCUT2D eigenvalue weighted by molar-refractivity contribution is 5.76. The van der Waals surface area contributed by atoms with Crippen molar-refractivity contribution in [2.75, 3.05) is 26.4 Å². The van der Waals surface area contributed by atoms with E-state index in [1.807, 2.05) is 6.92 Å². The van der Waals surface area contributed by atoms with E-state index >= 15 is 0 Å². The molecule has 0 spiro atoms. The number of carbonyl (C=O) groups is 1. The molecule has 0 radical (unpaired) electrons. The van der Waals surface area contributed by atoms with Crippen LogP contribution in [0.5, 0.6) is 0 Å². The fraction of sp³-hybridized carbons (Fsp3) is 0.854. The van der Waals surface area contributed by atoms with Gasteiger partial charge in [-0.15, -0.1) is 0 Å². The third-order valence-electron chi connectivity index (χ3n) is 12.5. The Labute approximate surface area is 396 Å². The summed E-state index contributed by atoms with van der Waals surface area (Å²) in [5.74, 6) is -0.271. The van der Waals surface area contributed by atoms with Crippen LogP contribution in [-0.4, -0.2) is 193 Å². The van der Waals surface area contributed by atoms with Gasteiger partial charge >= 0.3 is 0 Å². The number of amides is 1. The summed E-state index contributed by atoms with van der Waals surface area (Å²) in [7, 11) is 0. The Balaban J connectivity index is 1.45. The van der Waals surface area contributed by atoms with E-state index in [9.17, 15) is 61.0 Å². The molecule has 3 aliphatic heterocycles. The quantitative estimate of drug-likeness (QED) is 0.0323. The molecule has 0 bridgehead atoms. The summed E-state index contributed by atoms with van der Waals surface area (Å²) in [6, 6.07) is -0.889. The fourth-order valence-electron chi connectivity index (χ4n) is 8.26. The monoisotopic (exact) mass is 964 g/mol. The second kappa shape index (κ2) is 33.6. The molecule has 3 saturated heterocycles. The topological polar surface area (TPSA) is 307 Å². The number of aliphatic hydroxyl groups excluding tert-OH is 11. The molecule has 67 heavy (non-hydrogen) atoms. The molecule has 0 aliphatic carbocycles. The number of nitrogens with one attached hydrogen (secondary N) is 1. The van der Waals surface area contributed by atoms with Gasteiger partial charge in [-0.3, -0.25) is 4.79 Å². The Morgan fingerprint density at radius 3 is 1.54 bits per heavy atom. The smallest absolute Gasteiger partial charge is 0.220 e. The number of unbranched alkanes of at least 4 members (excludes halogenated alkanes) is 11. The highest BCUT2D eigenvalue weighted by atomic mass is 16.8. The van der Waals surface area contributed by atoms with Gasteiger partial charge in [-0.1, -0.05) is 108 Å². The molecule has 3 heterocycles. The van der Waals surface area contributed by atoms with Crippen molar-refractivity contribution in [2.45, 2.75) is 234 Å². The van der Waals surface area contributed by atoms with E-state index in [4.69, 9.17) is 28.4 Å². The second-order valence-corrected chi connectivity index (χ2v) is 17.9. The minimum absolute atomic E-state index is 0.248. The zero-order valence-corrected chi connectivity index (χ0v) is 39.6. The lowest BCUT2D eigenvalue weighted by Crippen LogP contribution is -2.66. The number of allylic oxidation sites excluding steroid dienone is 6. The van der Waals surface area contributed by atoms with Crippen LogP contribution in [0.3, 0.4) is 0 Å². The molecule has 12 N–H and O–H groups in total. The average molecular weight is 964 g/mol. The van der Waals surface area contributed by atoms with Gasteiger partial charge in [-0.25, -0.2) is 0 Å². The summed E-state index contributed by atoms with van der Waals surface area (Å²) in [5, 5.41) is 119. The lowest BCUT2D eigenvalue weighted by atomic mass is 9.96. The number of rotatable bonds is 33. The van der Waals surface area contributed by atoms with Crippen LogP contribution in [0.4, 0.5) is 0 Å². The molecular formula is C48H85NO18. The van der Waals surface area contributed by atoms with Crippen LogP contribution in [0, 0.1) is 0 Å². The molecule has 3 fully saturated rings. The maximum absolute atomic E-state index is 13.1. The van der Waals surface area contributed by atoms with Gasteiger partial charge < -0.3 is 89.9 Å². The number of hydrogen-bond donors (Lipinski definition) is 12. The first kappa shape index (κ1) is 59.3. The van der Waals surface area contributed by atoms with Crippen molar-refractivity contribution in [2.24, 2.45) is 0 Å². The largest absolute Gasteiger partial charge is 0.394 e. The van der Waals surface area contributed by atoms with Crippen LogP contribution in [0.1, 0.15) is 129 Å². The first-order valence-electron chi connectivity index (χ1n) is 24.7. The van der Waals surface area contributed by atoms with Gasteiger partial charge in [0.05, 0.1) is 38.6 Å². The molecule has 17 atom stereocenters. The van der Waals surface area contributed by atoms with Crippen molar-refractivity contribution in [1.82, 2.24) is 5.32 Å². The molecule has 19 heteroatoms. The maximum atomic E-state index is 13.1. The molecule has 1 amide bonds. The Bertz CT molecular complexity index is 1390. The Kier molecular flexibility index (Phi) is 29.7. The number of hydrogen-bond acceptors (Lipinski definition) is 18. The molecule has 3 rings (SSSR count). The SMILES string of the molecule is CCCCC/C=C\C/C=C\C/C=C\CCCCCCCCC(=O)NC(COC1OC(CO)C(OC2OC(CO)C(OC3OC(CO)C(O)C(O)C3O)C(O)C2O)C(O)C1O)C(O)CCCCC. The van der Waals surface area contributed by atoms with E-state index in [1.165, 1.54) is 19.3 Å². The summed E-state index contributed by atoms with van der Waals surface area (Å²) < 4.78 is 33.9. The van der Waals surface area contributed by atoms with Gasteiger partial charge in [0.15, 0.2) is 18.9 Å². The lowest BCUT2D eigenvalue weighted by molar-refractivity contribution is -0.379. The van der Waals surface area contributed by atoms with Gasteiger partial charge in [0.25, 0.3) is 0 Å². The number of aliphatic hydroxyl groups is 11. The second-order valence-electron chi connectivity index (χ2n) is 17.9. The molecule has 19 nitrogen and oxygen atoms in total. The van der Waals surface area contributed by atoms with Crippen LogP contribution in [0.2, 0.25) is 0 Å². The standard InChI is InChI=1S/C48H85NO18/c1-3-5-7-8-9-10-11-12-13-14-15-16-17-18-19-20-21-22-24-26-36(54)49-31(32(53)25-23-6-4-2)30-62-46-42(60)39(57)44(34(28-51)64-46)67-48-43(61)40(58)45(35(29-52)65-48)66-47-41(59)38(56)37(55)33(27-50)63-47/h9-10,12-13,15-16,31-35,37-48,50-53,55-61H,3-8,11,14,17-30H2,1-2H3,(H,49,54)/b10-9-,13-12-,16-15-. The molecule has 17 unspecified atom stereocenters. The number of ether oxygens (including phenoxy) is 6. The van der Waals surface area contributed by atoms with Crippen molar-refractivity contribution in [1.29, 1.82) is 0 Å². The zero-order chi connectivity index (χ0) is 49.1. The van der Waals surface area contributed by atoms with E-state index in [2.05, 4.69) is 48.7 Å². The Morgan fingerprint density at radius 1 is 0.537 bits per heavy atom. The van der Waals surface area contributed by atoms with Crippen molar-refractivity contribution in [3.8, 4) is 0 Å². The van der Waals surface area contributed by atoms with Crippen molar-refractivity contribution >= 4 is 5.91 Å². The predicted octanol–water partition coefficient (Wildman–Crippen LogP) is 1.03. The lowest BCUT2D eigenvalue weighted by Gasteiger charge is -2.48. The van der Waals surface area contributed by atoms with E-state index in [1.54, 1.807) is 0 Å². The molecule has 3 aliphatic rings. The van der Waals surface area contributed by atoms with Gasteiger partial charge in [-0.2, -0.15) is 0 Å². The van der Waals surface area contributed by atoms with Crippen molar-refractivity contribution in [3.63, 3.8) is 0 Å². The van der Waals surface area contributed by atoms with Crippen LogP contribution in [-0.2, 0) is 33.2 Å². The van der Waals surface area contributed by atoms with Gasteiger partial charge in [0.1, 0.15) is 73.2 Å². The summed E-state index contributed by atoms with van der Waals surface area (Å²) in [6.07, 6.45) is 3.71. The van der Waals surface area contributed by atoms with E-state index in [0.29, 0.717) is 19.3 Å². The van der Waals surface area contributed by atoms with Gasteiger partial charge in [-0.05, 0) is 51.4 Å². The molecule has 0 saturated carbocycles. The normalized spacial score (nSPS) is 33.8. The predicted molar refractivity (Wildman–Crippen MR) is 245 cm³/mol. The third-order valence-corrected chi connectivity index (χ3v) is 12.5. The molecular weight excluding hydrogens is 879 g/mol. The minimum Gasteiger partial charge on any atom is -0.394 e. The fourth-order valence-corrected chi connectivity index (χ4v) is 8.26. The average Bonchev–Trinajstić information content (AvgIpc) is 3.32. The molecule has 390 valence electrons. The van der Waals surface area contributed by atoms with E-state index in [0.717, 1.165) is 70.6 Å². The highest BCUT2D eigenvalue weighted by Gasteiger charge is 2.53. The molecule has 0 aromatic heterocycles. The highest BCUT2D eigenvalue weighted by Crippen LogP contribution is 2.33. The molecule has 0 aromatic carbocycles. The third kappa shape index (κ3) is 20.0. The first-order valence-corrected chi connectivity index (χ1v) is 24.7. The van der Waals surface area contributed by atoms with E-state index in [-0.39, 0.29) is 18.9 Å². The molecule has 0 aromatic rings. The van der Waals surface area contributed by atoms with Crippen LogP contribution < -0.4 is 5.32 Å². The number of carbonyl (C=O) groups excluding carboxylic acids is 1. The van der Waals surface area contributed by atoms with Crippen molar-refractivity contribution < 1.29 is 89.4 Å².